The van der Waals surface area contributed by atoms with Crippen molar-refractivity contribution >= 4 is 6.09 Å². The molecule has 1 unspecified atom stereocenters. The van der Waals surface area contributed by atoms with Crippen molar-refractivity contribution in [2.24, 2.45) is 5.92 Å². The van der Waals surface area contributed by atoms with Crippen molar-refractivity contribution in [3.8, 4) is 16.9 Å². The highest BCUT2D eigenvalue weighted by atomic mass is 16.7. The van der Waals surface area contributed by atoms with Crippen molar-refractivity contribution in [1.29, 1.82) is 0 Å². The second-order valence-electron chi connectivity index (χ2n) is 6.80. The average Bonchev–Trinajstić information content (AvgIpc) is 3.25. The summed E-state index contributed by atoms with van der Waals surface area (Å²) >= 11 is 0. The number of ether oxygens (including phenoxy) is 3. The summed E-state index contributed by atoms with van der Waals surface area (Å²) in [5.74, 6) is 1.15. The maximum absolute atomic E-state index is 10.7. The Morgan fingerprint density at radius 3 is 2.61 bits per heavy atom. The lowest BCUT2D eigenvalue weighted by Crippen LogP contribution is -2.22. The smallest absolute Gasteiger partial charge is 0.404 e. The molecule has 0 radical (unpaired) electrons. The molecule has 1 aliphatic heterocycles. The summed E-state index contributed by atoms with van der Waals surface area (Å²) < 4.78 is 17.2. The Balaban J connectivity index is 1.59. The predicted molar refractivity (Wildman–Crippen MR) is 106 cm³/mol. The number of nitrogens with one attached hydrogen (secondary N) is 1. The van der Waals surface area contributed by atoms with Gasteiger partial charge in [-0.2, -0.15) is 0 Å². The minimum absolute atomic E-state index is 0.109. The maximum atomic E-state index is 10.7. The van der Waals surface area contributed by atoms with Crippen LogP contribution in [-0.4, -0.2) is 37.3 Å². The van der Waals surface area contributed by atoms with Crippen molar-refractivity contribution in [3.05, 3.63) is 54.1 Å². The quantitative estimate of drug-likeness (QED) is 0.673. The number of carboxylic acid groups (broad SMARTS) is 1. The highest BCUT2D eigenvalue weighted by Crippen LogP contribution is 2.26. The average molecular weight is 385 g/mol. The second kappa shape index (κ2) is 10.1. The number of rotatable bonds is 9. The van der Waals surface area contributed by atoms with E-state index in [0.29, 0.717) is 25.7 Å². The lowest BCUT2D eigenvalue weighted by atomic mass is 10.0. The number of carbonyl (C=O) groups is 1. The molecule has 0 saturated carbocycles. The SMILES string of the molecule is CCC(CCOc1cccc(-c2cccc(CNC(=O)O)c2)c1)C1OCCO1. The Hall–Kier alpha value is -2.57. The Morgan fingerprint density at radius 1 is 1.18 bits per heavy atom. The van der Waals surface area contributed by atoms with E-state index in [9.17, 15) is 4.79 Å². The third-order valence-corrected chi connectivity index (χ3v) is 4.85. The van der Waals surface area contributed by atoms with Crippen LogP contribution < -0.4 is 10.1 Å². The van der Waals surface area contributed by atoms with Crippen molar-refractivity contribution in [1.82, 2.24) is 5.32 Å². The van der Waals surface area contributed by atoms with E-state index in [0.717, 1.165) is 35.3 Å². The summed E-state index contributed by atoms with van der Waals surface area (Å²) in [6.07, 6.45) is 0.731. The largest absolute Gasteiger partial charge is 0.494 e. The first-order chi connectivity index (χ1) is 13.7. The Bertz CT molecular complexity index is 773. The monoisotopic (exact) mass is 385 g/mol. The van der Waals surface area contributed by atoms with E-state index in [1.54, 1.807) is 0 Å². The summed E-state index contributed by atoms with van der Waals surface area (Å²) in [5, 5.41) is 11.2. The van der Waals surface area contributed by atoms with Crippen molar-refractivity contribution in [2.75, 3.05) is 19.8 Å². The molecule has 3 rings (SSSR count). The number of benzene rings is 2. The van der Waals surface area contributed by atoms with Crippen LogP contribution in [0.4, 0.5) is 4.79 Å². The molecular formula is C22H27NO5. The molecule has 1 heterocycles. The normalized spacial score (nSPS) is 15.3. The molecule has 0 spiro atoms. The van der Waals surface area contributed by atoms with Crippen LogP contribution in [0.25, 0.3) is 11.1 Å². The minimum Gasteiger partial charge on any atom is -0.494 e. The standard InChI is InChI=1S/C22H27NO5/c1-2-17(21-27-11-12-28-21)9-10-26-20-8-4-7-19(14-20)18-6-3-5-16(13-18)15-23-22(24)25/h3-8,13-14,17,21,23H,2,9-12,15H2,1H3,(H,24,25). The first-order valence-electron chi connectivity index (χ1n) is 9.68. The van der Waals surface area contributed by atoms with E-state index in [4.69, 9.17) is 19.3 Å². The van der Waals surface area contributed by atoms with Gasteiger partial charge in [0.2, 0.25) is 0 Å². The van der Waals surface area contributed by atoms with Gasteiger partial charge in [-0.1, -0.05) is 37.3 Å². The van der Waals surface area contributed by atoms with Gasteiger partial charge in [0, 0.05) is 12.5 Å². The maximum Gasteiger partial charge on any atom is 0.404 e. The van der Waals surface area contributed by atoms with Crippen LogP contribution in [0.15, 0.2) is 48.5 Å². The minimum atomic E-state index is -1.03. The molecule has 150 valence electrons. The van der Waals surface area contributed by atoms with Crippen LogP contribution >= 0.6 is 0 Å². The van der Waals surface area contributed by atoms with Crippen LogP contribution in [0, 0.1) is 5.92 Å². The van der Waals surface area contributed by atoms with Gasteiger partial charge < -0.3 is 24.6 Å². The molecule has 0 aromatic heterocycles. The molecule has 6 nitrogen and oxygen atoms in total. The highest BCUT2D eigenvalue weighted by molar-refractivity contribution is 5.67. The van der Waals surface area contributed by atoms with Crippen LogP contribution in [0.1, 0.15) is 25.3 Å². The lowest BCUT2D eigenvalue weighted by Gasteiger charge is -2.20. The first kappa shape index (κ1) is 20.2. The van der Waals surface area contributed by atoms with Crippen molar-refractivity contribution in [3.63, 3.8) is 0 Å². The van der Waals surface area contributed by atoms with Gasteiger partial charge in [0.1, 0.15) is 5.75 Å². The van der Waals surface area contributed by atoms with E-state index in [-0.39, 0.29) is 12.8 Å². The Morgan fingerprint density at radius 2 is 1.89 bits per heavy atom. The molecule has 1 aliphatic rings. The number of hydrogen-bond acceptors (Lipinski definition) is 4. The van der Waals surface area contributed by atoms with Crippen LogP contribution in [0.5, 0.6) is 5.75 Å². The van der Waals surface area contributed by atoms with Crippen LogP contribution in [-0.2, 0) is 16.0 Å². The summed E-state index contributed by atoms with van der Waals surface area (Å²) in [4.78, 5) is 10.7. The third kappa shape index (κ3) is 5.71. The molecule has 1 saturated heterocycles. The summed E-state index contributed by atoms with van der Waals surface area (Å²) in [6, 6.07) is 15.8. The van der Waals surface area contributed by atoms with Gasteiger partial charge >= 0.3 is 6.09 Å². The lowest BCUT2D eigenvalue weighted by molar-refractivity contribution is -0.0885. The fourth-order valence-electron chi connectivity index (χ4n) is 3.31. The molecule has 1 amide bonds. The molecule has 2 aromatic carbocycles. The molecule has 0 aliphatic carbocycles. The highest BCUT2D eigenvalue weighted by Gasteiger charge is 2.25. The first-order valence-corrected chi connectivity index (χ1v) is 9.68. The molecule has 1 fully saturated rings. The second-order valence-corrected chi connectivity index (χ2v) is 6.80. The molecule has 28 heavy (non-hydrogen) atoms. The van der Waals surface area contributed by atoms with Gasteiger partial charge in [0.15, 0.2) is 6.29 Å². The summed E-state index contributed by atoms with van der Waals surface area (Å²) in [5.41, 5.74) is 2.96. The van der Waals surface area contributed by atoms with Crippen LogP contribution in [0.3, 0.4) is 0 Å². The fraction of sp³-hybridized carbons (Fsp3) is 0.409. The van der Waals surface area contributed by atoms with Gasteiger partial charge in [-0.3, -0.25) is 0 Å². The Kier molecular flexibility index (Phi) is 7.28. The predicted octanol–water partition coefficient (Wildman–Crippen LogP) is 4.29. The van der Waals surface area contributed by atoms with E-state index < -0.39 is 6.09 Å². The zero-order valence-electron chi connectivity index (χ0n) is 16.1. The third-order valence-electron chi connectivity index (χ3n) is 4.85. The summed E-state index contributed by atoms with van der Waals surface area (Å²) in [7, 11) is 0. The van der Waals surface area contributed by atoms with Gasteiger partial charge in [0.05, 0.1) is 19.8 Å². The topological polar surface area (TPSA) is 77.0 Å². The van der Waals surface area contributed by atoms with Gasteiger partial charge in [-0.25, -0.2) is 4.79 Å². The molecule has 1 atom stereocenters. The molecule has 0 bridgehead atoms. The van der Waals surface area contributed by atoms with Gasteiger partial charge in [-0.05, 0) is 47.7 Å². The molecular weight excluding hydrogens is 358 g/mol. The van der Waals surface area contributed by atoms with Crippen molar-refractivity contribution in [2.45, 2.75) is 32.6 Å². The molecule has 6 heteroatoms. The molecule has 2 aromatic rings. The van der Waals surface area contributed by atoms with E-state index in [1.165, 1.54) is 0 Å². The summed E-state index contributed by atoms with van der Waals surface area (Å²) in [6.45, 7) is 4.37. The van der Waals surface area contributed by atoms with Crippen LogP contribution in [0.2, 0.25) is 0 Å². The molecule has 2 N–H and O–H groups in total. The number of hydrogen-bond donors (Lipinski definition) is 2. The van der Waals surface area contributed by atoms with Gasteiger partial charge in [-0.15, -0.1) is 0 Å². The van der Waals surface area contributed by atoms with Gasteiger partial charge in [0.25, 0.3) is 0 Å². The zero-order chi connectivity index (χ0) is 19.8. The van der Waals surface area contributed by atoms with Crippen molar-refractivity contribution < 1.29 is 24.1 Å². The Labute approximate surface area is 165 Å². The number of amides is 1. The van der Waals surface area contributed by atoms with E-state index in [2.05, 4.69) is 12.2 Å². The van der Waals surface area contributed by atoms with E-state index >= 15 is 0 Å². The van der Waals surface area contributed by atoms with E-state index in [1.807, 2.05) is 48.5 Å². The zero-order valence-corrected chi connectivity index (χ0v) is 16.1. The fourth-order valence-corrected chi connectivity index (χ4v) is 3.31.